The molecule has 134 valence electrons. The first-order chi connectivity index (χ1) is 11.5. The summed E-state index contributed by atoms with van der Waals surface area (Å²) in [5.41, 5.74) is 1.30. The number of carbonyl (C=O) groups is 1. The van der Waals surface area contributed by atoms with Crippen LogP contribution in [0.15, 0.2) is 29.2 Å². The summed E-state index contributed by atoms with van der Waals surface area (Å²) in [4.78, 5) is 13.1. The smallest absolute Gasteiger partial charge is 0.224 e. The summed E-state index contributed by atoms with van der Waals surface area (Å²) in [7, 11) is -1.18. The van der Waals surface area contributed by atoms with Crippen molar-refractivity contribution in [3.05, 3.63) is 29.8 Å². The molecule has 1 N–H and O–H groups in total. The Hall–Kier alpha value is -1.20. The van der Waals surface area contributed by atoms with Crippen molar-refractivity contribution in [1.82, 2.24) is 9.62 Å². The Bertz CT molecular complexity index is 557. The number of carbonyl (C=O) groups excluding carboxylic acids is 1. The highest BCUT2D eigenvalue weighted by Gasteiger charge is 2.29. The van der Waals surface area contributed by atoms with Crippen LogP contribution in [0.1, 0.15) is 52.0 Å². The maximum atomic E-state index is 12.8. The maximum absolute atomic E-state index is 12.8. The SMILES string of the molecule is CCCCc1ccc(S(=O)N2CCCC(C(=O)NC(C)C)C2)cc1. The first kappa shape index (κ1) is 19.1. The van der Waals surface area contributed by atoms with E-state index in [9.17, 15) is 9.00 Å². The number of aryl methyl sites for hydroxylation is 1. The molecule has 2 atom stereocenters. The van der Waals surface area contributed by atoms with E-state index in [1.54, 1.807) is 0 Å². The zero-order chi connectivity index (χ0) is 17.5. The van der Waals surface area contributed by atoms with E-state index in [4.69, 9.17) is 0 Å². The molecule has 0 aromatic heterocycles. The van der Waals surface area contributed by atoms with Gasteiger partial charge in [-0.1, -0.05) is 25.5 Å². The third-order valence-electron chi connectivity index (χ3n) is 4.36. The second-order valence-electron chi connectivity index (χ2n) is 6.89. The molecule has 24 heavy (non-hydrogen) atoms. The molecule has 4 nitrogen and oxygen atoms in total. The number of hydrogen-bond donors (Lipinski definition) is 1. The number of rotatable bonds is 7. The molecule has 2 unspecified atom stereocenters. The van der Waals surface area contributed by atoms with Gasteiger partial charge in [-0.3, -0.25) is 4.79 Å². The van der Waals surface area contributed by atoms with Gasteiger partial charge in [0.15, 0.2) is 0 Å². The van der Waals surface area contributed by atoms with Gasteiger partial charge in [0, 0.05) is 19.1 Å². The average Bonchev–Trinajstić information content (AvgIpc) is 2.59. The van der Waals surface area contributed by atoms with Crippen LogP contribution >= 0.6 is 0 Å². The second-order valence-corrected chi connectivity index (χ2v) is 8.37. The highest BCUT2D eigenvalue weighted by molar-refractivity contribution is 7.82. The Balaban J connectivity index is 1.97. The summed E-state index contributed by atoms with van der Waals surface area (Å²) in [6.07, 6.45) is 5.23. The molecule has 0 spiro atoms. The van der Waals surface area contributed by atoms with Gasteiger partial charge in [-0.15, -0.1) is 0 Å². The first-order valence-corrected chi connectivity index (χ1v) is 10.2. The Morgan fingerprint density at radius 3 is 2.67 bits per heavy atom. The van der Waals surface area contributed by atoms with Crippen molar-refractivity contribution in [1.29, 1.82) is 0 Å². The van der Waals surface area contributed by atoms with E-state index >= 15 is 0 Å². The van der Waals surface area contributed by atoms with Crippen LogP contribution in [0.2, 0.25) is 0 Å². The fraction of sp³-hybridized carbons (Fsp3) is 0.632. The summed E-state index contributed by atoms with van der Waals surface area (Å²) in [6, 6.07) is 8.25. The highest BCUT2D eigenvalue weighted by Crippen LogP contribution is 2.22. The Morgan fingerprint density at radius 2 is 2.04 bits per heavy atom. The molecule has 1 aliphatic rings. The number of unbranched alkanes of at least 4 members (excludes halogenated alkanes) is 1. The molecule has 1 fully saturated rings. The van der Waals surface area contributed by atoms with Gasteiger partial charge < -0.3 is 5.32 Å². The van der Waals surface area contributed by atoms with Crippen molar-refractivity contribution in [3.8, 4) is 0 Å². The Morgan fingerprint density at radius 1 is 1.33 bits per heavy atom. The quantitative estimate of drug-likeness (QED) is 0.820. The molecule has 5 heteroatoms. The maximum Gasteiger partial charge on any atom is 0.224 e. The van der Waals surface area contributed by atoms with Gasteiger partial charge in [0.1, 0.15) is 11.0 Å². The van der Waals surface area contributed by atoms with Gasteiger partial charge in [-0.05, 0) is 57.2 Å². The van der Waals surface area contributed by atoms with Crippen LogP contribution in [-0.2, 0) is 22.2 Å². The number of piperidine rings is 1. The van der Waals surface area contributed by atoms with E-state index in [-0.39, 0.29) is 17.9 Å². The lowest BCUT2D eigenvalue weighted by Gasteiger charge is -2.31. The number of nitrogens with zero attached hydrogens (tertiary/aromatic N) is 1. The van der Waals surface area contributed by atoms with Crippen molar-refractivity contribution >= 4 is 16.9 Å². The van der Waals surface area contributed by atoms with Crippen LogP contribution in [0.3, 0.4) is 0 Å². The van der Waals surface area contributed by atoms with Crippen LogP contribution in [0.5, 0.6) is 0 Å². The van der Waals surface area contributed by atoms with Gasteiger partial charge >= 0.3 is 0 Å². The normalized spacial score (nSPS) is 20.1. The van der Waals surface area contributed by atoms with Crippen molar-refractivity contribution in [2.24, 2.45) is 5.92 Å². The zero-order valence-corrected chi connectivity index (χ0v) is 15.9. The van der Waals surface area contributed by atoms with Gasteiger partial charge in [-0.2, -0.15) is 0 Å². The Labute approximate surface area is 148 Å². The monoisotopic (exact) mass is 350 g/mol. The van der Waals surface area contributed by atoms with Crippen LogP contribution in [-0.4, -0.2) is 33.6 Å². The van der Waals surface area contributed by atoms with Gasteiger partial charge in [0.2, 0.25) is 5.91 Å². The molecular formula is C19H30N2O2S. The minimum atomic E-state index is -1.18. The van der Waals surface area contributed by atoms with Crippen molar-refractivity contribution < 1.29 is 9.00 Å². The van der Waals surface area contributed by atoms with Crippen molar-refractivity contribution in [3.63, 3.8) is 0 Å². The molecular weight excluding hydrogens is 320 g/mol. The van der Waals surface area contributed by atoms with E-state index in [1.807, 2.05) is 30.3 Å². The molecule has 1 aromatic rings. The predicted octanol–water partition coefficient (Wildman–Crippen LogP) is 3.29. The third-order valence-corrected chi connectivity index (χ3v) is 5.84. The minimum absolute atomic E-state index is 0.0612. The lowest BCUT2D eigenvalue weighted by Crippen LogP contribution is -2.45. The lowest BCUT2D eigenvalue weighted by molar-refractivity contribution is -0.126. The van der Waals surface area contributed by atoms with Crippen LogP contribution in [0, 0.1) is 5.92 Å². The van der Waals surface area contributed by atoms with E-state index in [2.05, 4.69) is 24.4 Å². The molecule has 1 amide bonds. The number of benzene rings is 1. The standard InChI is InChI=1S/C19H30N2O2S/c1-4-5-7-16-9-11-18(12-10-16)24(23)21-13-6-8-17(14-21)19(22)20-15(2)3/h9-12,15,17H,4-8,13-14H2,1-3H3,(H,20,22). The molecule has 1 aromatic carbocycles. The Kier molecular flexibility index (Phi) is 7.43. The highest BCUT2D eigenvalue weighted by atomic mass is 32.2. The third kappa shape index (κ3) is 5.42. The van der Waals surface area contributed by atoms with Crippen molar-refractivity contribution in [2.45, 2.75) is 63.8 Å². The number of hydrogen-bond acceptors (Lipinski definition) is 2. The molecule has 0 radical (unpaired) electrons. The molecule has 1 heterocycles. The fourth-order valence-electron chi connectivity index (χ4n) is 3.01. The lowest BCUT2D eigenvalue weighted by atomic mass is 9.98. The van der Waals surface area contributed by atoms with Gasteiger partial charge in [-0.25, -0.2) is 8.51 Å². The van der Waals surface area contributed by atoms with Crippen LogP contribution < -0.4 is 5.32 Å². The topological polar surface area (TPSA) is 49.4 Å². The molecule has 1 aliphatic heterocycles. The van der Waals surface area contributed by atoms with Crippen LogP contribution in [0.4, 0.5) is 0 Å². The molecule has 1 saturated heterocycles. The minimum Gasteiger partial charge on any atom is -0.354 e. The number of amides is 1. The van der Waals surface area contributed by atoms with E-state index < -0.39 is 11.0 Å². The average molecular weight is 351 g/mol. The zero-order valence-electron chi connectivity index (χ0n) is 15.1. The van der Waals surface area contributed by atoms with E-state index in [0.717, 1.165) is 30.7 Å². The summed E-state index contributed by atoms with van der Waals surface area (Å²) in [5.74, 6) is 0.0236. The summed E-state index contributed by atoms with van der Waals surface area (Å²) < 4.78 is 14.8. The number of nitrogens with one attached hydrogen (secondary N) is 1. The summed E-state index contributed by atoms with van der Waals surface area (Å²) in [5, 5.41) is 2.97. The summed E-state index contributed by atoms with van der Waals surface area (Å²) in [6.45, 7) is 7.48. The van der Waals surface area contributed by atoms with Crippen molar-refractivity contribution in [2.75, 3.05) is 13.1 Å². The molecule has 0 aliphatic carbocycles. The molecule has 2 rings (SSSR count). The van der Waals surface area contributed by atoms with Gasteiger partial charge in [0.05, 0.1) is 10.8 Å². The van der Waals surface area contributed by atoms with E-state index in [1.165, 1.54) is 18.4 Å². The molecule has 0 bridgehead atoms. The molecule has 0 saturated carbocycles. The summed E-state index contributed by atoms with van der Waals surface area (Å²) >= 11 is 0. The second kappa shape index (κ2) is 9.33. The van der Waals surface area contributed by atoms with Gasteiger partial charge in [0.25, 0.3) is 0 Å². The van der Waals surface area contributed by atoms with E-state index in [0.29, 0.717) is 6.54 Å². The van der Waals surface area contributed by atoms with Crippen LogP contribution in [0.25, 0.3) is 0 Å². The largest absolute Gasteiger partial charge is 0.354 e. The first-order valence-electron chi connectivity index (χ1n) is 9.07. The predicted molar refractivity (Wildman–Crippen MR) is 99.0 cm³/mol. The fourth-order valence-corrected chi connectivity index (χ4v) is 4.29.